The monoisotopic (exact) mass is 83.0 g/mol. The van der Waals surface area contributed by atoms with Crippen molar-refractivity contribution in [2.75, 3.05) is 13.2 Å². The third-order valence-corrected chi connectivity index (χ3v) is 0.487. The Hall–Kier alpha value is -0.530. The van der Waals surface area contributed by atoms with E-state index >= 15 is 0 Å². The van der Waals surface area contributed by atoms with Crippen molar-refractivity contribution in [3.05, 3.63) is 7.43 Å². The third-order valence-electron chi connectivity index (χ3n) is 0.487. The van der Waals surface area contributed by atoms with Crippen LogP contribution in [0.2, 0.25) is 0 Å². The van der Waals surface area contributed by atoms with E-state index < -0.39 is 0 Å². The Balaban J connectivity index is 0.000000250. The smallest absolute Gasteiger partial charge is 0.169 e. The van der Waals surface area contributed by atoms with Gasteiger partial charge in [0.1, 0.15) is 6.61 Å². The second-order valence-electron chi connectivity index (χ2n) is 0.882. The molecule has 4 radical (unpaired) electrons. The Morgan fingerprint density at radius 1 is 1.67 bits per heavy atom. The van der Waals surface area contributed by atoms with E-state index in [-0.39, 0.29) is 7.43 Å². The van der Waals surface area contributed by atoms with Gasteiger partial charge in [0.15, 0.2) is 6.40 Å². The zero-order valence-electron chi connectivity index (χ0n) is 3.35. The molecule has 0 fully saturated rings. The summed E-state index contributed by atoms with van der Waals surface area (Å²) in [5, 5.41) is 0. The molecule has 1 aliphatic heterocycles. The van der Waals surface area contributed by atoms with E-state index in [1.165, 1.54) is 6.40 Å². The molecule has 1 rings (SSSR count). The molecule has 6 heavy (non-hydrogen) atoms. The molecular formula is C4H5NO. The molecule has 2 heteroatoms. The van der Waals surface area contributed by atoms with Crippen molar-refractivity contribution in [3.63, 3.8) is 0 Å². The molecule has 0 aliphatic carbocycles. The number of hydrogen-bond donors (Lipinski definition) is 0. The van der Waals surface area contributed by atoms with E-state index in [0.29, 0.717) is 0 Å². The first-order valence-corrected chi connectivity index (χ1v) is 1.60. The first-order chi connectivity index (χ1) is 2.50. The molecule has 0 unspecified atom stereocenters. The zero-order valence-corrected chi connectivity index (χ0v) is 3.35. The average Bonchev–Trinajstić information content (AvgIpc) is 1.76. The SMILES string of the molecule is C1=NCCO1.[C]. The van der Waals surface area contributed by atoms with Crippen molar-refractivity contribution < 1.29 is 4.74 Å². The van der Waals surface area contributed by atoms with Crippen LogP contribution in [0.25, 0.3) is 0 Å². The highest BCUT2D eigenvalue weighted by Gasteiger charge is 1.84. The molecule has 0 spiro atoms. The summed E-state index contributed by atoms with van der Waals surface area (Å²) >= 11 is 0. The highest BCUT2D eigenvalue weighted by atomic mass is 16.5. The number of hydrogen-bond acceptors (Lipinski definition) is 2. The molecule has 0 atom stereocenters. The molecule has 2 nitrogen and oxygen atoms in total. The van der Waals surface area contributed by atoms with Gasteiger partial charge in [-0.3, -0.25) is 4.99 Å². The van der Waals surface area contributed by atoms with Crippen molar-refractivity contribution in [2.45, 2.75) is 0 Å². The summed E-state index contributed by atoms with van der Waals surface area (Å²) in [4.78, 5) is 3.74. The van der Waals surface area contributed by atoms with E-state index in [0.717, 1.165) is 13.2 Å². The number of rotatable bonds is 0. The highest BCUT2D eigenvalue weighted by molar-refractivity contribution is 5.47. The van der Waals surface area contributed by atoms with Gasteiger partial charge in [-0.15, -0.1) is 0 Å². The summed E-state index contributed by atoms with van der Waals surface area (Å²) in [6, 6.07) is 0. The lowest BCUT2D eigenvalue weighted by atomic mass is 10.8. The van der Waals surface area contributed by atoms with E-state index in [4.69, 9.17) is 0 Å². The zero-order chi connectivity index (χ0) is 3.54. The highest BCUT2D eigenvalue weighted by Crippen LogP contribution is 1.78. The van der Waals surface area contributed by atoms with Crippen LogP contribution >= 0.6 is 0 Å². The Morgan fingerprint density at radius 3 is 2.67 bits per heavy atom. The summed E-state index contributed by atoms with van der Waals surface area (Å²) in [5.41, 5.74) is 0. The minimum Gasteiger partial charge on any atom is -0.482 e. The van der Waals surface area contributed by atoms with Crippen molar-refractivity contribution in [1.82, 2.24) is 0 Å². The topological polar surface area (TPSA) is 21.6 Å². The van der Waals surface area contributed by atoms with Gasteiger partial charge in [-0.25, -0.2) is 0 Å². The van der Waals surface area contributed by atoms with Gasteiger partial charge in [0.2, 0.25) is 0 Å². The maximum absolute atomic E-state index is 4.65. The van der Waals surface area contributed by atoms with E-state index in [1.54, 1.807) is 0 Å². The van der Waals surface area contributed by atoms with Crippen molar-refractivity contribution in [3.8, 4) is 0 Å². The van der Waals surface area contributed by atoms with Crippen LogP contribution in [0.4, 0.5) is 0 Å². The summed E-state index contributed by atoms with van der Waals surface area (Å²) < 4.78 is 4.65. The molecule has 0 saturated heterocycles. The van der Waals surface area contributed by atoms with Crippen LogP contribution in [-0.2, 0) is 4.74 Å². The quantitative estimate of drug-likeness (QED) is 0.408. The lowest BCUT2D eigenvalue weighted by molar-refractivity contribution is 0.361. The second kappa shape index (κ2) is 2.69. The normalized spacial score (nSPS) is 16.0. The minimum absolute atomic E-state index is 0. The van der Waals surface area contributed by atoms with Crippen molar-refractivity contribution in [2.24, 2.45) is 4.99 Å². The fourth-order valence-corrected chi connectivity index (χ4v) is 0.264. The summed E-state index contributed by atoms with van der Waals surface area (Å²) in [6.07, 6.45) is 1.49. The molecule has 0 aromatic heterocycles. The molecule has 1 heterocycles. The van der Waals surface area contributed by atoms with Gasteiger partial charge in [0.05, 0.1) is 6.54 Å². The summed E-state index contributed by atoms with van der Waals surface area (Å²) in [7, 11) is 0. The van der Waals surface area contributed by atoms with Gasteiger partial charge in [-0.1, -0.05) is 0 Å². The predicted molar refractivity (Wildman–Crippen MR) is 22.6 cm³/mol. The standard InChI is InChI=1S/C3H5NO.C/c1-2-5-3-4-1;/h3H,1-2H2;. The van der Waals surface area contributed by atoms with Crippen LogP contribution < -0.4 is 0 Å². The maximum atomic E-state index is 4.65. The Labute approximate surface area is 37.8 Å². The Kier molecular flexibility index (Phi) is 2.46. The van der Waals surface area contributed by atoms with Gasteiger partial charge >= 0.3 is 0 Å². The molecule has 0 saturated carbocycles. The van der Waals surface area contributed by atoms with Gasteiger partial charge in [0, 0.05) is 7.43 Å². The molecule has 32 valence electrons. The van der Waals surface area contributed by atoms with Gasteiger partial charge in [-0.05, 0) is 0 Å². The molecule has 0 aromatic carbocycles. The molecule has 0 aromatic rings. The molecule has 1 aliphatic rings. The van der Waals surface area contributed by atoms with Crippen molar-refractivity contribution >= 4 is 6.40 Å². The lowest BCUT2D eigenvalue weighted by Gasteiger charge is -1.76. The largest absolute Gasteiger partial charge is 0.482 e. The molecular weight excluding hydrogens is 78.0 g/mol. The number of ether oxygens (including phenoxy) is 1. The van der Waals surface area contributed by atoms with Crippen LogP contribution in [0.3, 0.4) is 0 Å². The molecule has 0 amide bonds. The number of nitrogens with zero attached hydrogens (tertiary/aromatic N) is 1. The third kappa shape index (κ3) is 1.06. The average molecular weight is 83.1 g/mol. The summed E-state index contributed by atoms with van der Waals surface area (Å²) in [6.45, 7) is 1.62. The van der Waals surface area contributed by atoms with Crippen LogP contribution in [0.1, 0.15) is 0 Å². The Bertz CT molecular complexity index is 45.5. The maximum Gasteiger partial charge on any atom is 0.169 e. The van der Waals surface area contributed by atoms with E-state index in [2.05, 4.69) is 9.73 Å². The van der Waals surface area contributed by atoms with Gasteiger partial charge in [-0.2, -0.15) is 0 Å². The fraction of sp³-hybridized carbons (Fsp3) is 0.500. The van der Waals surface area contributed by atoms with Gasteiger partial charge in [0.25, 0.3) is 0 Å². The lowest BCUT2D eigenvalue weighted by Crippen LogP contribution is -1.80. The number of aliphatic imine (C=N–C) groups is 1. The van der Waals surface area contributed by atoms with E-state index in [9.17, 15) is 0 Å². The molecule has 0 N–H and O–H groups in total. The second-order valence-corrected chi connectivity index (χ2v) is 0.882. The van der Waals surface area contributed by atoms with Crippen LogP contribution in [0.15, 0.2) is 4.99 Å². The first-order valence-electron chi connectivity index (χ1n) is 1.60. The van der Waals surface area contributed by atoms with Crippen LogP contribution in [0.5, 0.6) is 0 Å². The first kappa shape index (κ1) is 5.47. The Morgan fingerprint density at radius 2 is 2.50 bits per heavy atom. The fourth-order valence-electron chi connectivity index (χ4n) is 0.264. The minimum atomic E-state index is 0. The van der Waals surface area contributed by atoms with E-state index in [1.807, 2.05) is 0 Å². The van der Waals surface area contributed by atoms with Gasteiger partial charge < -0.3 is 4.74 Å². The predicted octanol–water partition coefficient (Wildman–Crippen LogP) is 0.126. The van der Waals surface area contributed by atoms with Crippen LogP contribution in [-0.4, -0.2) is 19.6 Å². The summed E-state index contributed by atoms with van der Waals surface area (Å²) in [5.74, 6) is 0. The van der Waals surface area contributed by atoms with Crippen LogP contribution in [0, 0.1) is 7.43 Å². The van der Waals surface area contributed by atoms with Crippen molar-refractivity contribution in [1.29, 1.82) is 0 Å². The molecule has 0 bridgehead atoms.